The van der Waals surface area contributed by atoms with Crippen molar-refractivity contribution in [2.45, 2.75) is 32.0 Å². The molecule has 0 bridgehead atoms. The molecular weight excluding hydrogens is 294 g/mol. The number of aliphatic hydroxyl groups is 1. The number of aromatic nitrogens is 3. The summed E-state index contributed by atoms with van der Waals surface area (Å²) < 4.78 is 5.64. The standard InChI is InChI=1S/C13H20ClN5O2/c1-9-6-19(7-10(8-20)21-9)13-16-11(14)15-12(17-13)18-4-2-3-5-18/h9-10,20H,2-8H2,1H3. The van der Waals surface area contributed by atoms with Crippen molar-refractivity contribution in [3.8, 4) is 0 Å². The van der Waals surface area contributed by atoms with Crippen LogP contribution in [0.5, 0.6) is 0 Å². The number of anilines is 2. The van der Waals surface area contributed by atoms with Crippen LogP contribution in [0, 0.1) is 0 Å². The van der Waals surface area contributed by atoms with Gasteiger partial charge < -0.3 is 19.6 Å². The maximum absolute atomic E-state index is 9.32. The fraction of sp³-hybridized carbons (Fsp3) is 0.769. The molecular formula is C13H20ClN5O2. The van der Waals surface area contributed by atoms with Crippen molar-refractivity contribution in [2.75, 3.05) is 42.6 Å². The first-order valence-corrected chi connectivity index (χ1v) is 7.71. The van der Waals surface area contributed by atoms with E-state index < -0.39 is 0 Å². The first kappa shape index (κ1) is 14.7. The summed E-state index contributed by atoms with van der Waals surface area (Å²) in [5.74, 6) is 1.20. The molecule has 2 saturated heterocycles. The maximum atomic E-state index is 9.32. The molecule has 1 aromatic rings. The van der Waals surface area contributed by atoms with Crippen molar-refractivity contribution in [3.05, 3.63) is 5.28 Å². The number of rotatable bonds is 3. The Hall–Kier alpha value is -1.18. The highest BCUT2D eigenvalue weighted by molar-refractivity contribution is 6.28. The lowest BCUT2D eigenvalue weighted by Crippen LogP contribution is -2.48. The molecule has 1 N–H and O–H groups in total. The van der Waals surface area contributed by atoms with Gasteiger partial charge in [0.15, 0.2) is 0 Å². The second-order valence-corrected chi connectivity index (χ2v) is 5.89. The SMILES string of the molecule is CC1CN(c2nc(Cl)nc(N3CCCC3)n2)CC(CO)O1. The molecule has 7 nitrogen and oxygen atoms in total. The molecule has 1 aromatic heterocycles. The Bertz CT molecular complexity index is 497. The summed E-state index contributed by atoms with van der Waals surface area (Å²) >= 11 is 6.06. The monoisotopic (exact) mass is 313 g/mol. The van der Waals surface area contributed by atoms with E-state index in [1.54, 1.807) is 0 Å². The van der Waals surface area contributed by atoms with Gasteiger partial charge in [-0.3, -0.25) is 0 Å². The number of nitrogens with zero attached hydrogens (tertiary/aromatic N) is 5. The maximum Gasteiger partial charge on any atom is 0.231 e. The average Bonchev–Trinajstić information content (AvgIpc) is 3.00. The van der Waals surface area contributed by atoms with Gasteiger partial charge in [0.25, 0.3) is 0 Å². The van der Waals surface area contributed by atoms with Crippen LogP contribution in [0.4, 0.5) is 11.9 Å². The summed E-state index contributed by atoms with van der Waals surface area (Å²) in [6.07, 6.45) is 2.10. The van der Waals surface area contributed by atoms with Crippen molar-refractivity contribution in [3.63, 3.8) is 0 Å². The average molecular weight is 314 g/mol. The van der Waals surface area contributed by atoms with E-state index in [9.17, 15) is 5.11 Å². The van der Waals surface area contributed by atoms with Crippen LogP contribution < -0.4 is 9.80 Å². The van der Waals surface area contributed by atoms with Gasteiger partial charge >= 0.3 is 0 Å². The summed E-state index contributed by atoms with van der Waals surface area (Å²) in [4.78, 5) is 17.2. The van der Waals surface area contributed by atoms with Gasteiger partial charge in [0.1, 0.15) is 0 Å². The van der Waals surface area contributed by atoms with E-state index in [0.717, 1.165) is 25.9 Å². The fourth-order valence-corrected chi connectivity index (χ4v) is 2.99. The van der Waals surface area contributed by atoms with Crippen molar-refractivity contribution in [1.82, 2.24) is 15.0 Å². The van der Waals surface area contributed by atoms with Gasteiger partial charge in [-0.2, -0.15) is 15.0 Å². The largest absolute Gasteiger partial charge is 0.394 e. The summed E-state index contributed by atoms with van der Waals surface area (Å²) in [6, 6.07) is 0. The van der Waals surface area contributed by atoms with Gasteiger partial charge in [0.2, 0.25) is 17.2 Å². The van der Waals surface area contributed by atoms with E-state index in [1.807, 2.05) is 11.8 Å². The van der Waals surface area contributed by atoms with Gasteiger partial charge in [-0.15, -0.1) is 0 Å². The molecule has 0 aliphatic carbocycles. The van der Waals surface area contributed by atoms with Crippen LogP contribution in [0.2, 0.25) is 5.28 Å². The predicted octanol–water partition coefficient (Wildman–Crippen LogP) is 0.711. The van der Waals surface area contributed by atoms with E-state index in [-0.39, 0.29) is 24.1 Å². The third-order valence-corrected chi connectivity index (χ3v) is 3.96. The minimum Gasteiger partial charge on any atom is -0.394 e. The quantitative estimate of drug-likeness (QED) is 0.881. The lowest BCUT2D eigenvalue weighted by atomic mass is 10.2. The highest BCUT2D eigenvalue weighted by Gasteiger charge is 2.27. The molecule has 2 atom stereocenters. The fourth-order valence-electron chi connectivity index (χ4n) is 2.84. The molecule has 0 saturated carbocycles. The van der Waals surface area contributed by atoms with Gasteiger partial charge in [-0.25, -0.2) is 0 Å². The van der Waals surface area contributed by atoms with Crippen LogP contribution in [0.1, 0.15) is 19.8 Å². The third-order valence-electron chi connectivity index (χ3n) is 3.79. The van der Waals surface area contributed by atoms with Crippen LogP contribution in [-0.2, 0) is 4.74 Å². The second-order valence-electron chi connectivity index (χ2n) is 5.55. The molecule has 21 heavy (non-hydrogen) atoms. The molecule has 0 spiro atoms. The topological polar surface area (TPSA) is 74.6 Å². The Morgan fingerprint density at radius 3 is 2.48 bits per heavy atom. The van der Waals surface area contributed by atoms with Crippen LogP contribution >= 0.6 is 11.6 Å². The van der Waals surface area contributed by atoms with Gasteiger partial charge in [-0.05, 0) is 31.4 Å². The van der Waals surface area contributed by atoms with Crippen molar-refractivity contribution in [1.29, 1.82) is 0 Å². The van der Waals surface area contributed by atoms with Crippen LogP contribution in [-0.4, -0.2) is 65.1 Å². The molecule has 2 fully saturated rings. The van der Waals surface area contributed by atoms with Gasteiger partial charge in [0.05, 0.1) is 18.8 Å². The molecule has 0 radical (unpaired) electrons. The number of halogens is 1. The van der Waals surface area contributed by atoms with Crippen LogP contribution in [0.3, 0.4) is 0 Å². The number of hydrogen-bond donors (Lipinski definition) is 1. The molecule has 0 aromatic carbocycles. The Morgan fingerprint density at radius 1 is 1.14 bits per heavy atom. The molecule has 116 valence electrons. The van der Waals surface area contributed by atoms with Crippen LogP contribution in [0.25, 0.3) is 0 Å². The highest BCUT2D eigenvalue weighted by Crippen LogP contribution is 2.22. The molecule has 3 rings (SSSR count). The zero-order valence-corrected chi connectivity index (χ0v) is 12.8. The number of ether oxygens (including phenoxy) is 1. The molecule has 3 heterocycles. The lowest BCUT2D eigenvalue weighted by molar-refractivity contribution is -0.0425. The Balaban J connectivity index is 1.83. The van der Waals surface area contributed by atoms with Crippen molar-refractivity contribution in [2.24, 2.45) is 0 Å². The minimum absolute atomic E-state index is 0.0152. The molecule has 2 aliphatic heterocycles. The number of aliphatic hydroxyl groups excluding tert-OH is 1. The Kier molecular flexibility index (Phi) is 4.42. The Morgan fingerprint density at radius 2 is 1.81 bits per heavy atom. The smallest absolute Gasteiger partial charge is 0.231 e. The van der Waals surface area contributed by atoms with E-state index in [1.165, 1.54) is 0 Å². The number of hydrogen-bond acceptors (Lipinski definition) is 7. The zero-order chi connectivity index (χ0) is 14.8. The van der Waals surface area contributed by atoms with E-state index in [2.05, 4.69) is 19.9 Å². The van der Waals surface area contributed by atoms with Gasteiger partial charge in [-0.1, -0.05) is 0 Å². The number of morpholine rings is 1. The highest BCUT2D eigenvalue weighted by atomic mass is 35.5. The first-order chi connectivity index (χ1) is 10.2. The normalized spacial score (nSPS) is 26.4. The minimum atomic E-state index is -0.223. The second kappa shape index (κ2) is 6.29. The lowest BCUT2D eigenvalue weighted by Gasteiger charge is -2.36. The van der Waals surface area contributed by atoms with E-state index in [0.29, 0.717) is 25.0 Å². The van der Waals surface area contributed by atoms with E-state index in [4.69, 9.17) is 16.3 Å². The van der Waals surface area contributed by atoms with Crippen LogP contribution in [0.15, 0.2) is 0 Å². The first-order valence-electron chi connectivity index (χ1n) is 7.33. The molecule has 2 unspecified atom stereocenters. The third kappa shape index (κ3) is 3.36. The van der Waals surface area contributed by atoms with Crippen molar-refractivity contribution < 1.29 is 9.84 Å². The van der Waals surface area contributed by atoms with Crippen molar-refractivity contribution >= 4 is 23.5 Å². The van der Waals surface area contributed by atoms with Gasteiger partial charge in [0, 0.05) is 26.2 Å². The zero-order valence-electron chi connectivity index (χ0n) is 12.1. The molecule has 2 aliphatic rings. The summed E-state index contributed by atoms with van der Waals surface area (Å²) in [6.45, 7) is 5.10. The Labute approximate surface area is 128 Å². The summed E-state index contributed by atoms with van der Waals surface area (Å²) in [7, 11) is 0. The summed E-state index contributed by atoms with van der Waals surface area (Å²) in [5, 5.41) is 9.53. The molecule has 0 amide bonds. The van der Waals surface area contributed by atoms with E-state index >= 15 is 0 Å². The predicted molar refractivity (Wildman–Crippen MR) is 79.9 cm³/mol. The summed E-state index contributed by atoms with van der Waals surface area (Å²) in [5.41, 5.74) is 0. The molecule has 8 heteroatoms.